The molecule has 1 fully saturated rings. The minimum Gasteiger partial charge on any atom is -0.324 e. The van der Waals surface area contributed by atoms with Gasteiger partial charge in [0.1, 0.15) is 0 Å². The molecule has 0 aliphatic carbocycles. The number of nitrogens with one attached hydrogen (secondary N) is 3. The van der Waals surface area contributed by atoms with Gasteiger partial charge in [-0.3, -0.25) is 9.78 Å². The summed E-state index contributed by atoms with van der Waals surface area (Å²) in [5, 5.41) is 6.81. The fraction of sp³-hybridized carbons (Fsp3) is 0.115. The Morgan fingerprint density at radius 3 is 2.56 bits per heavy atom. The van der Waals surface area contributed by atoms with E-state index in [0.717, 1.165) is 36.1 Å². The molecule has 2 aromatic heterocycles. The van der Waals surface area contributed by atoms with Crippen LogP contribution in [-0.4, -0.2) is 44.9 Å². The molecule has 180 valence electrons. The highest BCUT2D eigenvalue weighted by molar-refractivity contribution is 6.00. The van der Waals surface area contributed by atoms with Crippen LogP contribution in [0.3, 0.4) is 0 Å². The van der Waals surface area contributed by atoms with Crippen LogP contribution in [0, 0.1) is 0 Å². The molecule has 0 bridgehead atoms. The van der Waals surface area contributed by atoms with Gasteiger partial charge in [-0.1, -0.05) is 18.7 Å². The zero-order valence-corrected chi connectivity index (χ0v) is 19.3. The summed E-state index contributed by atoms with van der Waals surface area (Å²) in [6.07, 6.45) is 5.20. The number of hydrogen-bond donors (Lipinski definition) is 3. The summed E-state index contributed by atoms with van der Waals surface area (Å²) in [6.45, 7) is 4.94. The van der Waals surface area contributed by atoms with Gasteiger partial charge in [-0.25, -0.2) is 20.2 Å². The van der Waals surface area contributed by atoms with Gasteiger partial charge in [-0.2, -0.15) is 0 Å². The first kappa shape index (κ1) is 22.8. The van der Waals surface area contributed by atoms with Crippen molar-refractivity contribution in [2.75, 3.05) is 29.2 Å². The Morgan fingerprint density at radius 1 is 1.00 bits per heavy atom. The summed E-state index contributed by atoms with van der Waals surface area (Å²) in [5.41, 5.74) is 6.85. The third-order valence-electron chi connectivity index (χ3n) is 5.60. The summed E-state index contributed by atoms with van der Waals surface area (Å²) in [4.78, 5) is 43.8. The van der Waals surface area contributed by atoms with Crippen LogP contribution in [0.5, 0.6) is 0 Å². The van der Waals surface area contributed by atoms with E-state index in [1.54, 1.807) is 35.5 Å². The van der Waals surface area contributed by atoms with Crippen LogP contribution in [-0.2, 0) is 9.63 Å². The quantitative estimate of drug-likeness (QED) is 0.256. The van der Waals surface area contributed by atoms with Crippen molar-refractivity contribution in [1.29, 1.82) is 0 Å². The molecule has 36 heavy (non-hydrogen) atoms. The number of aromatic nitrogens is 3. The van der Waals surface area contributed by atoms with Crippen LogP contribution in [0.1, 0.15) is 6.42 Å². The van der Waals surface area contributed by atoms with Crippen LogP contribution >= 0.6 is 0 Å². The molecule has 0 radical (unpaired) electrons. The molecule has 3 heterocycles. The number of fused-ring (bicyclic) bond motifs is 1. The number of pyridine rings is 1. The molecular formula is C26H23N7O3. The van der Waals surface area contributed by atoms with E-state index in [9.17, 15) is 9.59 Å². The fourth-order valence-corrected chi connectivity index (χ4v) is 3.61. The molecule has 0 spiro atoms. The molecule has 0 saturated carbocycles. The number of nitrogens with zero attached hydrogens (tertiary/aromatic N) is 4. The molecule has 3 N–H and O–H groups in total. The van der Waals surface area contributed by atoms with Crippen molar-refractivity contribution in [3.8, 4) is 11.3 Å². The summed E-state index contributed by atoms with van der Waals surface area (Å²) in [6, 6.07) is 16.5. The van der Waals surface area contributed by atoms with E-state index in [-0.39, 0.29) is 12.0 Å². The molecule has 1 aliphatic heterocycles. The Balaban J connectivity index is 1.37. The fourth-order valence-electron chi connectivity index (χ4n) is 3.61. The number of carbonyl (C=O) groups excluding carboxylic acids is 2. The molecule has 1 aliphatic rings. The van der Waals surface area contributed by atoms with Gasteiger partial charge in [0.2, 0.25) is 11.9 Å². The summed E-state index contributed by atoms with van der Waals surface area (Å²) in [5.74, 6) is 0.0930. The lowest BCUT2D eigenvalue weighted by molar-refractivity contribution is -0.111. The first-order chi connectivity index (χ1) is 17.6. The minimum atomic E-state index is -0.387. The average Bonchev–Trinajstić information content (AvgIpc) is 2.87. The van der Waals surface area contributed by atoms with Gasteiger partial charge in [0.25, 0.3) is 0 Å². The lowest BCUT2D eigenvalue weighted by Gasteiger charge is -2.29. The van der Waals surface area contributed by atoms with E-state index in [2.05, 4.69) is 32.7 Å². The zero-order valence-electron chi connectivity index (χ0n) is 19.3. The molecular weight excluding hydrogens is 458 g/mol. The average molecular weight is 482 g/mol. The minimum absolute atomic E-state index is 0.292. The molecule has 5 rings (SSSR count). The first-order valence-electron chi connectivity index (χ1n) is 11.3. The van der Waals surface area contributed by atoms with Crippen LogP contribution < -0.4 is 16.1 Å². The Morgan fingerprint density at radius 2 is 1.81 bits per heavy atom. The largest absolute Gasteiger partial charge is 0.434 e. The maximum atomic E-state index is 11.8. The van der Waals surface area contributed by atoms with Crippen molar-refractivity contribution in [2.24, 2.45) is 0 Å². The Bertz CT molecular complexity index is 1440. The smallest absolute Gasteiger partial charge is 0.324 e. The lowest BCUT2D eigenvalue weighted by atomic mass is 10.1. The van der Waals surface area contributed by atoms with Crippen LogP contribution in [0.25, 0.3) is 22.2 Å². The standard InChI is InChI=1S/C26H23N7O3/c1-2-23(34)28-20-6-3-5-17(15-20)24-21-11-12-27-16-22(21)30-25(31-24)29-18-7-9-19(10-8-18)32-36-26(35)33-13-4-14-33/h2-3,5-12,15-16,32H,1,4,13-14H2,(H,28,34)(H,29,30,31). The Kier molecular flexibility index (Phi) is 6.39. The van der Waals surface area contributed by atoms with Crippen molar-refractivity contribution in [3.63, 3.8) is 0 Å². The normalized spacial score (nSPS) is 12.4. The highest BCUT2D eigenvalue weighted by atomic mass is 16.7. The van der Waals surface area contributed by atoms with E-state index in [0.29, 0.717) is 28.5 Å². The summed E-state index contributed by atoms with van der Waals surface area (Å²) < 4.78 is 0. The Hall–Kier alpha value is -4.99. The summed E-state index contributed by atoms with van der Waals surface area (Å²) >= 11 is 0. The molecule has 2 amide bonds. The molecule has 10 nitrogen and oxygen atoms in total. The number of amides is 2. The number of rotatable bonds is 7. The topological polar surface area (TPSA) is 121 Å². The molecule has 10 heteroatoms. The monoisotopic (exact) mass is 481 g/mol. The number of carbonyl (C=O) groups is 2. The molecule has 2 aromatic carbocycles. The number of likely N-dealkylation sites (tertiary alicyclic amines) is 1. The van der Waals surface area contributed by atoms with Crippen LogP contribution in [0.15, 0.2) is 79.6 Å². The van der Waals surface area contributed by atoms with Gasteiger partial charge in [-0.15, -0.1) is 0 Å². The van der Waals surface area contributed by atoms with Gasteiger partial charge in [0, 0.05) is 41.6 Å². The third kappa shape index (κ3) is 5.07. The number of hydrogen-bond acceptors (Lipinski definition) is 8. The van der Waals surface area contributed by atoms with Gasteiger partial charge >= 0.3 is 6.09 Å². The van der Waals surface area contributed by atoms with E-state index in [1.807, 2.05) is 36.4 Å². The lowest BCUT2D eigenvalue weighted by Crippen LogP contribution is -2.43. The van der Waals surface area contributed by atoms with E-state index in [1.165, 1.54) is 6.08 Å². The van der Waals surface area contributed by atoms with Crippen molar-refractivity contribution < 1.29 is 14.4 Å². The van der Waals surface area contributed by atoms with Crippen molar-refractivity contribution in [1.82, 2.24) is 19.9 Å². The maximum Gasteiger partial charge on any atom is 0.434 e. The van der Waals surface area contributed by atoms with E-state index >= 15 is 0 Å². The van der Waals surface area contributed by atoms with Gasteiger partial charge < -0.3 is 20.4 Å². The van der Waals surface area contributed by atoms with Gasteiger partial charge in [0.15, 0.2) is 0 Å². The van der Waals surface area contributed by atoms with Gasteiger partial charge in [-0.05, 0) is 55.0 Å². The molecule has 0 unspecified atom stereocenters. The predicted octanol–water partition coefficient (Wildman–Crippen LogP) is 4.73. The summed E-state index contributed by atoms with van der Waals surface area (Å²) in [7, 11) is 0. The van der Waals surface area contributed by atoms with Crippen molar-refractivity contribution in [2.45, 2.75) is 6.42 Å². The third-order valence-corrected chi connectivity index (χ3v) is 5.60. The second-order valence-electron chi connectivity index (χ2n) is 8.08. The van der Waals surface area contributed by atoms with E-state index < -0.39 is 0 Å². The maximum absolute atomic E-state index is 11.8. The number of anilines is 4. The molecule has 4 aromatic rings. The van der Waals surface area contributed by atoms with Crippen LogP contribution in [0.4, 0.5) is 27.8 Å². The highest BCUT2D eigenvalue weighted by Gasteiger charge is 2.21. The zero-order chi connectivity index (χ0) is 24.9. The highest BCUT2D eigenvalue weighted by Crippen LogP contribution is 2.29. The molecule has 0 atom stereocenters. The van der Waals surface area contributed by atoms with Crippen molar-refractivity contribution >= 4 is 45.9 Å². The van der Waals surface area contributed by atoms with Gasteiger partial charge in [0.05, 0.1) is 23.1 Å². The SMILES string of the molecule is C=CC(=O)Nc1cccc(-c2nc(Nc3ccc(NOC(=O)N4CCC4)cc3)nc3cnccc23)c1. The Labute approximate surface area is 207 Å². The van der Waals surface area contributed by atoms with E-state index in [4.69, 9.17) is 9.82 Å². The van der Waals surface area contributed by atoms with Crippen LogP contribution in [0.2, 0.25) is 0 Å². The predicted molar refractivity (Wildman–Crippen MR) is 138 cm³/mol. The van der Waals surface area contributed by atoms with Crippen molar-refractivity contribution in [3.05, 3.63) is 79.6 Å². The number of benzene rings is 2. The second-order valence-corrected chi connectivity index (χ2v) is 8.08. The second kappa shape index (κ2) is 10.1. The first-order valence-corrected chi connectivity index (χ1v) is 11.3. The molecule has 1 saturated heterocycles.